The number of rotatable bonds is 17. The van der Waals surface area contributed by atoms with Crippen LogP contribution in [-0.4, -0.2) is 25.2 Å². The maximum Gasteiger partial charge on any atom is 0.308 e. The fraction of sp³-hybridized carbons (Fsp3) is 0.920. The van der Waals surface area contributed by atoms with Crippen molar-refractivity contribution in [2.75, 3.05) is 13.2 Å². The van der Waals surface area contributed by atoms with Gasteiger partial charge < -0.3 is 9.47 Å². The lowest BCUT2D eigenvalue weighted by atomic mass is 9.81. The summed E-state index contributed by atoms with van der Waals surface area (Å²) in [5.74, 6) is -0.465. The Bertz CT molecular complexity index is 421. The molecule has 2 unspecified atom stereocenters. The standard InChI is InChI=1S/C25H46O4/c1-3-5-7-9-11-13-15-20-29-25(27)23-18-16-17-22(21-23)24(26)28-19-14-12-10-8-6-4-2/h22-23H,3-21H2,1-2H3. The Labute approximate surface area is 179 Å². The van der Waals surface area contributed by atoms with E-state index in [0.29, 0.717) is 19.6 Å². The van der Waals surface area contributed by atoms with Crippen molar-refractivity contribution in [2.24, 2.45) is 11.8 Å². The summed E-state index contributed by atoms with van der Waals surface area (Å²) in [6.07, 6.45) is 18.8. The minimum Gasteiger partial charge on any atom is -0.465 e. The Morgan fingerprint density at radius 2 is 1.00 bits per heavy atom. The van der Waals surface area contributed by atoms with Gasteiger partial charge in [-0.2, -0.15) is 0 Å². The monoisotopic (exact) mass is 410 g/mol. The molecule has 0 saturated heterocycles. The molecule has 0 amide bonds. The first-order chi connectivity index (χ1) is 14.2. The molecule has 0 bridgehead atoms. The van der Waals surface area contributed by atoms with Crippen molar-refractivity contribution in [1.82, 2.24) is 0 Å². The van der Waals surface area contributed by atoms with Crippen molar-refractivity contribution in [2.45, 2.75) is 123 Å². The van der Waals surface area contributed by atoms with Crippen LogP contribution in [0, 0.1) is 11.8 Å². The number of hydrogen-bond donors (Lipinski definition) is 0. The van der Waals surface area contributed by atoms with Crippen LogP contribution >= 0.6 is 0 Å². The second-order valence-electron chi connectivity index (χ2n) is 8.78. The Hall–Kier alpha value is -1.06. The SMILES string of the molecule is CCCCCCCCCOC(=O)C1CCCC(C(=O)OCCCCCCCC)C1. The van der Waals surface area contributed by atoms with Crippen LogP contribution in [0.3, 0.4) is 0 Å². The molecule has 0 spiro atoms. The first kappa shape index (κ1) is 26.0. The average Bonchev–Trinajstić information content (AvgIpc) is 2.74. The molecule has 170 valence electrons. The van der Waals surface area contributed by atoms with Gasteiger partial charge in [0.1, 0.15) is 0 Å². The third-order valence-electron chi connectivity index (χ3n) is 6.08. The molecule has 1 rings (SSSR count). The van der Waals surface area contributed by atoms with Gasteiger partial charge in [-0.3, -0.25) is 9.59 Å². The molecule has 4 heteroatoms. The molecule has 0 radical (unpaired) electrons. The maximum absolute atomic E-state index is 12.4. The van der Waals surface area contributed by atoms with E-state index < -0.39 is 0 Å². The molecule has 0 aromatic carbocycles. The molecule has 0 N–H and O–H groups in total. The Morgan fingerprint density at radius 3 is 1.41 bits per heavy atom. The smallest absolute Gasteiger partial charge is 0.308 e. The predicted molar refractivity (Wildman–Crippen MR) is 119 cm³/mol. The summed E-state index contributed by atoms with van der Waals surface area (Å²) in [4.78, 5) is 24.7. The summed E-state index contributed by atoms with van der Waals surface area (Å²) in [7, 11) is 0. The fourth-order valence-corrected chi connectivity index (χ4v) is 4.14. The van der Waals surface area contributed by atoms with E-state index in [1.165, 1.54) is 57.8 Å². The van der Waals surface area contributed by atoms with E-state index in [1.54, 1.807) is 0 Å². The van der Waals surface area contributed by atoms with Gasteiger partial charge in [-0.15, -0.1) is 0 Å². The molecule has 0 aliphatic heterocycles. The van der Waals surface area contributed by atoms with Gasteiger partial charge in [-0.05, 0) is 32.1 Å². The van der Waals surface area contributed by atoms with Gasteiger partial charge in [0.25, 0.3) is 0 Å². The van der Waals surface area contributed by atoms with Crippen LogP contribution in [0.25, 0.3) is 0 Å². The lowest BCUT2D eigenvalue weighted by Gasteiger charge is -2.26. The van der Waals surface area contributed by atoms with Gasteiger partial charge in [-0.1, -0.05) is 90.9 Å². The van der Waals surface area contributed by atoms with Gasteiger partial charge in [0.15, 0.2) is 0 Å². The van der Waals surface area contributed by atoms with Crippen LogP contribution in [-0.2, 0) is 19.1 Å². The van der Waals surface area contributed by atoms with Gasteiger partial charge >= 0.3 is 11.9 Å². The van der Waals surface area contributed by atoms with Crippen LogP contribution in [0.2, 0.25) is 0 Å². The molecule has 1 saturated carbocycles. The van der Waals surface area contributed by atoms with E-state index in [4.69, 9.17) is 9.47 Å². The largest absolute Gasteiger partial charge is 0.465 e. The molecular formula is C25H46O4. The summed E-state index contributed by atoms with van der Waals surface area (Å²) in [6.45, 7) is 5.49. The summed E-state index contributed by atoms with van der Waals surface area (Å²) in [5.41, 5.74) is 0. The number of ether oxygens (including phenoxy) is 2. The molecule has 0 heterocycles. The molecule has 1 aliphatic rings. The minimum absolute atomic E-state index is 0.107. The summed E-state index contributed by atoms with van der Waals surface area (Å²) in [5, 5.41) is 0. The quantitative estimate of drug-likeness (QED) is 0.191. The summed E-state index contributed by atoms with van der Waals surface area (Å²) in [6, 6.07) is 0. The van der Waals surface area contributed by atoms with E-state index >= 15 is 0 Å². The molecule has 29 heavy (non-hydrogen) atoms. The van der Waals surface area contributed by atoms with Crippen LogP contribution in [0.15, 0.2) is 0 Å². The number of unbranched alkanes of at least 4 members (excludes halogenated alkanes) is 11. The number of carbonyl (C=O) groups is 2. The van der Waals surface area contributed by atoms with E-state index in [1.807, 2.05) is 0 Å². The molecular weight excluding hydrogens is 364 g/mol. The van der Waals surface area contributed by atoms with Crippen molar-refractivity contribution in [3.8, 4) is 0 Å². The lowest BCUT2D eigenvalue weighted by Crippen LogP contribution is -2.30. The zero-order valence-corrected chi connectivity index (χ0v) is 19.2. The lowest BCUT2D eigenvalue weighted by molar-refractivity contribution is -0.155. The van der Waals surface area contributed by atoms with E-state index in [9.17, 15) is 9.59 Å². The van der Waals surface area contributed by atoms with Crippen LogP contribution in [0.4, 0.5) is 0 Å². The first-order valence-corrected chi connectivity index (χ1v) is 12.5. The van der Waals surface area contributed by atoms with Crippen molar-refractivity contribution in [3.63, 3.8) is 0 Å². The van der Waals surface area contributed by atoms with Crippen molar-refractivity contribution in [1.29, 1.82) is 0 Å². The average molecular weight is 411 g/mol. The molecule has 1 aliphatic carbocycles. The Morgan fingerprint density at radius 1 is 0.621 bits per heavy atom. The highest BCUT2D eigenvalue weighted by Crippen LogP contribution is 2.31. The summed E-state index contributed by atoms with van der Waals surface area (Å²) >= 11 is 0. The maximum atomic E-state index is 12.4. The highest BCUT2D eigenvalue weighted by molar-refractivity contribution is 5.76. The van der Waals surface area contributed by atoms with Gasteiger partial charge in [0, 0.05) is 0 Å². The molecule has 0 aromatic rings. The normalized spacial score (nSPS) is 19.1. The summed E-state index contributed by atoms with van der Waals surface area (Å²) < 4.78 is 11.0. The van der Waals surface area contributed by atoms with E-state index in [-0.39, 0.29) is 23.8 Å². The van der Waals surface area contributed by atoms with Gasteiger partial charge in [-0.25, -0.2) is 0 Å². The molecule has 1 fully saturated rings. The predicted octanol–water partition coefficient (Wildman–Crippen LogP) is 6.99. The number of esters is 2. The molecule has 0 aromatic heterocycles. The third kappa shape index (κ3) is 13.0. The van der Waals surface area contributed by atoms with Crippen LogP contribution < -0.4 is 0 Å². The van der Waals surface area contributed by atoms with Gasteiger partial charge in [0.2, 0.25) is 0 Å². The second-order valence-corrected chi connectivity index (χ2v) is 8.78. The fourth-order valence-electron chi connectivity index (χ4n) is 4.14. The third-order valence-corrected chi connectivity index (χ3v) is 6.08. The van der Waals surface area contributed by atoms with E-state index in [0.717, 1.165) is 44.9 Å². The number of hydrogen-bond acceptors (Lipinski definition) is 4. The van der Waals surface area contributed by atoms with Crippen molar-refractivity contribution >= 4 is 11.9 Å². The first-order valence-electron chi connectivity index (χ1n) is 12.5. The zero-order valence-electron chi connectivity index (χ0n) is 19.2. The topological polar surface area (TPSA) is 52.6 Å². The van der Waals surface area contributed by atoms with Crippen LogP contribution in [0.1, 0.15) is 123 Å². The zero-order chi connectivity index (χ0) is 21.2. The minimum atomic E-state index is -0.125. The Balaban J connectivity index is 2.11. The molecule has 4 nitrogen and oxygen atoms in total. The van der Waals surface area contributed by atoms with Crippen molar-refractivity contribution in [3.05, 3.63) is 0 Å². The Kier molecular flexibility index (Phi) is 15.9. The second kappa shape index (κ2) is 17.8. The number of carbonyl (C=O) groups excluding carboxylic acids is 2. The highest BCUT2D eigenvalue weighted by atomic mass is 16.5. The highest BCUT2D eigenvalue weighted by Gasteiger charge is 2.32. The van der Waals surface area contributed by atoms with Gasteiger partial charge in [0.05, 0.1) is 25.0 Å². The van der Waals surface area contributed by atoms with Crippen LogP contribution in [0.5, 0.6) is 0 Å². The molecule has 2 atom stereocenters. The van der Waals surface area contributed by atoms with E-state index in [2.05, 4.69) is 13.8 Å². The van der Waals surface area contributed by atoms with Crippen molar-refractivity contribution < 1.29 is 19.1 Å².